The molecule has 2 rings (SSSR count). The molecule has 3 unspecified atom stereocenters. The number of para-hydroxylation sites is 1. The average Bonchev–Trinajstić information content (AvgIpc) is 2.52. The van der Waals surface area contributed by atoms with Crippen molar-refractivity contribution >= 4 is 0 Å². The van der Waals surface area contributed by atoms with Crippen LogP contribution in [0.25, 0.3) is 0 Å². The van der Waals surface area contributed by atoms with Crippen LogP contribution in [0.5, 0.6) is 5.75 Å². The molecule has 0 bridgehead atoms. The molecule has 0 saturated carbocycles. The highest BCUT2D eigenvalue weighted by atomic mass is 16.5. The summed E-state index contributed by atoms with van der Waals surface area (Å²) < 4.78 is 11.7. The molecule has 0 radical (unpaired) electrons. The molecule has 1 aliphatic rings. The SMILES string of the molecule is CCNC(CC1CCOc2ccccc21)C(CC)OCC. The Labute approximate surface area is 129 Å². The van der Waals surface area contributed by atoms with Crippen LogP contribution in [0.15, 0.2) is 24.3 Å². The summed E-state index contributed by atoms with van der Waals surface area (Å²) in [5.41, 5.74) is 1.36. The molecule has 0 spiro atoms. The highest BCUT2D eigenvalue weighted by molar-refractivity contribution is 5.37. The van der Waals surface area contributed by atoms with Crippen molar-refractivity contribution < 1.29 is 9.47 Å². The summed E-state index contributed by atoms with van der Waals surface area (Å²) in [4.78, 5) is 0. The van der Waals surface area contributed by atoms with E-state index in [0.29, 0.717) is 18.1 Å². The standard InChI is InChI=1S/C18H29NO2/c1-4-17(20-6-3)16(19-5-2)13-14-11-12-21-18-10-8-7-9-15(14)18/h7-10,14,16-17,19H,4-6,11-13H2,1-3H3. The Morgan fingerprint density at radius 2 is 2.10 bits per heavy atom. The molecule has 0 fully saturated rings. The zero-order valence-electron chi connectivity index (χ0n) is 13.6. The maximum Gasteiger partial charge on any atom is 0.122 e. The second kappa shape index (κ2) is 8.40. The molecule has 3 nitrogen and oxygen atoms in total. The minimum absolute atomic E-state index is 0.296. The van der Waals surface area contributed by atoms with Gasteiger partial charge in [0, 0.05) is 12.6 Å². The number of benzene rings is 1. The molecule has 118 valence electrons. The number of hydrogen-bond donors (Lipinski definition) is 1. The topological polar surface area (TPSA) is 30.5 Å². The van der Waals surface area contributed by atoms with Crippen LogP contribution in [0.4, 0.5) is 0 Å². The summed E-state index contributed by atoms with van der Waals surface area (Å²) in [5.74, 6) is 1.63. The third-order valence-electron chi connectivity index (χ3n) is 4.32. The van der Waals surface area contributed by atoms with Gasteiger partial charge < -0.3 is 14.8 Å². The van der Waals surface area contributed by atoms with Crippen molar-refractivity contribution in [2.75, 3.05) is 19.8 Å². The van der Waals surface area contributed by atoms with Gasteiger partial charge in [0.1, 0.15) is 5.75 Å². The maximum absolute atomic E-state index is 5.94. The number of rotatable bonds is 8. The monoisotopic (exact) mass is 291 g/mol. The average molecular weight is 291 g/mol. The first-order valence-electron chi connectivity index (χ1n) is 8.36. The summed E-state index contributed by atoms with van der Waals surface area (Å²) in [6.07, 6.45) is 3.56. The number of nitrogens with one attached hydrogen (secondary N) is 1. The molecule has 0 saturated heterocycles. The van der Waals surface area contributed by atoms with Crippen LogP contribution < -0.4 is 10.1 Å². The van der Waals surface area contributed by atoms with Gasteiger partial charge in [-0.15, -0.1) is 0 Å². The highest BCUT2D eigenvalue weighted by Gasteiger charge is 2.27. The molecule has 1 heterocycles. The van der Waals surface area contributed by atoms with Crippen LogP contribution in [-0.2, 0) is 4.74 Å². The fourth-order valence-electron chi connectivity index (χ4n) is 3.33. The quantitative estimate of drug-likeness (QED) is 0.791. The molecule has 3 atom stereocenters. The summed E-state index contributed by atoms with van der Waals surface area (Å²) in [6, 6.07) is 8.88. The first-order valence-corrected chi connectivity index (χ1v) is 8.36. The fourth-order valence-corrected chi connectivity index (χ4v) is 3.33. The molecule has 3 heteroatoms. The van der Waals surface area contributed by atoms with Crippen LogP contribution in [0, 0.1) is 0 Å². The van der Waals surface area contributed by atoms with Crippen molar-refractivity contribution in [2.24, 2.45) is 0 Å². The zero-order valence-corrected chi connectivity index (χ0v) is 13.6. The Balaban J connectivity index is 2.10. The molecular formula is C18H29NO2. The second-order valence-corrected chi connectivity index (χ2v) is 5.67. The van der Waals surface area contributed by atoms with Crippen LogP contribution in [0.3, 0.4) is 0 Å². The first-order chi connectivity index (χ1) is 10.3. The van der Waals surface area contributed by atoms with E-state index in [9.17, 15) is 0 Å². The molecule has 21 heavy (non-hydrogen) atoms. The number of likely N-dealkylation sites (N-methyl/N-ethyl adjacent to an activating group) is 1. The van der Waals surface area contributed by atoms with Gasteiger partial charge in [-0.3, -0.25) is 0 Å². The van der Waals surface area contributed by atoms with E-state index in [1.165, 1.54) is 5.56 Å². The maximum atomic E-state index is 5.94. The van der Waals surface area contributed by atoms with Crippen molar-refractivity contribution in [2.45, 2.75) is 58.1 Å². The summed E-state index contributed by atoms with van der Waals surface area (Å²) in [7, 11) is 0. The van der Waals surface area contributed by atoms with Gasteiger partial charge >= 0.3 is 0 Å². The Hall–Kier alpha value is -1.06. The Morgan fingerprint density at radius 1 is 1.29 bits per heavy atom. The van der Waals surface area contributed by atoms with E-state index < -0.39 is 0 Å². The number of fused-ring (bicyclic) bond motifs is 1. The number of ether oxygens (including phenoxy) is 2. The van der Waals surface area contributed by atoms with Crippen LogP contribution in [-0.4, -0.2) is 31.9 Å². The van der Waals surface area contributed by atoms with E-state index in [4.69, 9.17) is 9.47 Å². The highest BCUT2D eigenvalue weighted by Crippen LogP contribution is 2.36. The van der Waals surface area contributed by atoms with Crippen molar-refractivity contribution in [1.82, 2.24) is 5.32 Å². The summed E-state index contributed by atoms with van der Waals surface area (Å²) >= 11 is 0. The van der Waals surface area contributed by atoms with Crippen LogP contribution in [0.2, 0.25) is 0 Å². The zero-order chi connectivity index (χ0) is 15.1. The molecule has 1 aromatic rings. The van der Waals surface area contributed by atoms with Gasteiger partial charge in [-0.05, 0) is 50.3 Å². The van der Waals surface area contributed by atoms with E-state index in [-0.39, 0.29) is 0 Å². The van der Waals surface area contributed by atoms with Gasteiger partial charge in [-0.25, -0.2) is 0 Å². The van der Waals surface area contributed by atoms with Crippen molar-refractivity contribution in [3.8, 4) is 5.75 Å². The minimum Gasteiger partial charge on any atom is -0.493 e. The fraction of sp³-hybridized carbons (Fsp3) is 0.667. The lowest BCUT2D eigenvalue weighted by atomic mass is 9.85. The smallest absolute Gasteiger partial charge is 0.122 e. The minimum atomic E-state index is 0.296. The molecule has 0 aromatic heterocycles. The van der Waals surface area contributed by atoms with Gasteiger partial charge in [0.25, 0.3) is 0 Å². The Morgan fingerprint density at radius 3 is 2.81 bits per heavy atom. The van der Waals surface area contributed by atoms with Gasteiger partial charge in [-0.1, -0.05) is 32.0 Å². The van der Waals surface area contributed by atoms with E-state index in [1.54, 1.807) is 0 Å². The number of hydrogen-bond acceptors (Lipinski definition) is 3. The van der Waals surface area contributed by atoms with E-state index in [0.717, 1.165) is 44.8 Å². The third-order valence-corrected chi connectivity index (χ3v) is 4.32. The van der Waals surface area contributed by atoms with Crippen LogP contribution in [0.1, 0.15) is 51.5 Å². The van der Waals surface area contributed by atoms with Crippen molar-refractivity contribution in [3.63, 3.8) is 0 Å². The molecular weight excluding hydrogens is 262 g/mol. The van der Waals surface area contributed by atoms with Gasteiger partial charge in [-0.2, -0.15) is 0 Å². The molecule has 1 aliphatic heterocycles. The predicted molar refractivity (Wildman–Crippen MR) is 87.1 cm³/mol. The van der Waals surface area contributed by atoms with Crippen molar-refractivity contribution in [3.05, 3.63) is 29.8 Å². The lowest BCUT2D eigenvalue weighted by molar-refractivity contribution is 0.0270. The molecule has 0 aliphatic carbocycles. The largest absolute Gasteiger partial charge is 0.493 e. The Bertz CT molecular complexity index is 421. The molecule has 1 N–H and O–H groups in total. The second-order valence-electron chi connectivity index (χ2n) is 5.67. The van der Waals surface area contributed by atoms with Crippen LogP contribution >= 0.6 is 0 Å². The molecule has 1 aromatic carbocycles. The van der Waals surface area contributed by atoms with Gasteiger partial charge in [0.2, 0.25) is 0 Å². The third kappa shape index (κ3) is 4.21. The lowest BCUT2D eigenvalue weighted by Crippen LogP contribution is -2.42. The van der Waals surface area contributed by atoms with E-state index in [1.807, 2.05) is 0 Å². The summed E-state index contributed by atoms with van der Waals surface area (Å²) in [5, 5.41) is 3.63. The lowest BCUT2D eigenvalue weighted by Gasteiger charge is -2.33. The van der Waals surface area contributed by atoms with Crippen molar-refractivity contribution in [1.29, 1.82) is 0 Å². The predicted octanol–water partition coefficient (Wildman–Crippen LogP) is 3.74. The van der Waals surface area contributed by atoms with E-state index in [2.05, 4.69) is 50.4 Å². The first kappa shape index (κ1) is 16.3. The van der Waals surface area contributed by atoms with Gasteiger partial charge in [0.05, 0.1) is 12.7 Å². The normalized spacial score (nSPS) is 20.4. The van der Waals surface area contributed by atoms with Gasteiger partial charge in [0.15, 0.2) is 0 Å². The Kier molecular flexibility index (Phi) is 6.52. The summed E-state index contributed by atoms with van der Waals surface area (Å²) in [6.45, 7) is 9.05. The van der Waals surface area contributed by atoms with E-state index >= 15 is 0 Å². The molecule has 0 amide bonds.